The third kappa shape index (κ3) is 5.89. The summed E-state index contributed by atoms with van der Waals surface area (Å²) in [6, 6.07) is 2.13. The van der Waals surface area contributed by atoms with Gasteiger partial charge in [0, 0.05) is 25.0 Å². The number of aromatic nitrogens is 1. The zero-order valence-corrected chi connectivity index (χ0v) is 15.3. The lowest BCUT2D eigenvalue weighted by Crippen LogP contribution is -2.52. The van der Waals surface area contributed by atoms with Crippen LogP contribution in [-0.4, -0.2) is 54.7 Å². The van der Waals surface area contributed by atoms with Crippen molar-refractivity contribution in [3.8, 4) is 0 Å². The van der Waals surface area contributed by atoms with Gasteiger partial charge in [0.2, 0.25) is 21.8 Å². The van der Waals surface area contributed by atoms with Crippen molar-refractivity contribution in [1.29, 1.82) is 0 Å². The summed E-state index contributed by atoms with van der Waals surface area (Å²) >= 11 is 0. The van der Waals surface area contributed by atoms with Crippen LogP contribution in [0.15, 0.2) is 29.4 Å². The van der Waals surface area contributed by atoms with Gasteiger partial charge < -0.3 is 10.6 Å². The van der Waals surface area contributed by atoms with Crippen LogP contribution in [0.2, 0.25) is 0 Å². The first-order valence-electron chi connectivity index (χ1n) is 7.41. The lowest BCUT2D eigenvalue weighted by atomic mass is 10.1. The van der Waals surface area contributed by atoms with Gasteiger partial charge in [0.25, 0.3) is 0 Å². The molecule has 9 heteroatoms. The van der Waals surface area contributed by atoms with Crippen molar-refractivity contribution < 1.29 is 18.0 Å². The highest BCUT2D eigenvalue weighted by molar-refractivity contribution is 7.89. The van der Waals surface area contributed by atoms with Crippen molar-refractivity contribution >= 4 is 21.8 Å². The fraction of sp³-hybridized carbons (Fsp3) is 0.533. The van der Waals surface area contributed by atoms with E-state index in [0.29, 0.717) is 0 Å². The molecule has 0 bridgehead atoms. The van der Waals surface area contributed by atoms with Crippen LogP contribution in [0, 0.1) is 0 Å². The maximum Gasteiger partial charge on any atom is 0.244 e. The molecule has 0 radical (unpaired) electrons. The molecule has 24 heavy (non-hydrogen) atoms. The number of pyridine rings is 1. The zero-order chi connectivity index (χ0) is 18.5. The third-order valence-electron chi connectivity index (χ3n) is 2.98. The van der Waals surface area contributed by atoms with E-state index < -0.39 is 34.1 Å². The second-order valence-corrected chi connectivity index (χ2v) is 8.52. The molecule has 0 saturated carbocycles. The van der Waals surface area contributed by atoms with Crippen LogP contribution in [0.5, 0.6) is 0 Å². The van der Waals surface area contributed by atoms with Gasteiger partial charge in [-0.25, -0.2) is 8.42 Å². The van der Waals surface area contributed by atoms with E-state index in [2.05, 4.69) is 15.6 Å². The lowest BCUT2D eigenvalue weighted by Gasteiger charge is -2.24. The summed E-state index contributed by atoms with van der Waals surface area (Å²) < 4.78 is 25.5. The average molecular weight is 356 g/mol. The molecule has 8 nitrogen and oxygen atoms in total. The molecule has 1 aromatic rings. The molecule has 0 aliphatic rings. The number of likely N-dealkylation sites (N-methyl/N-ethyl adjacent to an activating group) is 1. The van der Waals surface area contributed by atoms with Gasteiger partial charge in [-0.3, -0.25) is 14.6 Å². The molecule has 1 heterocycles. The van der Waals surface area contributed by atoms with Gasteiger partial charge >= 0.3 is 0 Å². The van der Waals surface area contributed by atoms with E-state index in [1.54, 1.807) is 0 Å². The number of hydrogen-bond donors (Lipinski definition) is 2. The minimum absolute atomic E-state index is 0.00109. The van der Waals surface area contributed by atoms with Crippen molar-refractivity contribution in [3.05, 3.63) is 24.5 Å². The maximum atomic E-state index is 12.3. The first-order chi connectivity index (χ1) is 10.9. The molecule has 1 aromatic heterocycles. The van der Waals surface area contributed by atoms with Gasteiger partial charge in [-0.05, 0) is 39.8 Å². The average Bonchev–Trinajstić information content (AvgIpc) is 2.46. The molecule has 2 N–H and O–H groups in total. The van der Waals surface area contributed by atoms with Gasteiger partial charge in [0.05, 0.1) is 6.54 Å². The van der Waals surface area contributed by atoms with E-state index >= 15 is 0 Å². The molecule has 2 amide bonds. The van der Waals surface area contributed by atoms with E-state index in [1.165, 1.54) is 38.5 Å². The Kier molecular flexibility index (Phi) is 6.44. The van der Waals surface area contributed by atoms with Crippen molar-refractivity contribution in [3.63, 3.8) is 0 Å². The van der Waals surface area contributed by atoms with Gasteiger partial charge in [-0.15, -0.1) is 0 Å². The number of nitrogens with zero attached hydrogens (tertiary/aromatic N) is 2. The monoisotopic (exact) mass is 356 g/mol. The van der Waals surface area contributed by atoms with Crippen LogP contribution in [0.4, 0.5) is 0 Å². The van der Waals surface area contributed by atoms with Gasteiger partial charge in [0.1, 0.15) is 10.9 Å². The first kappa shape index (κ1) is 20.0. The van der Waals surface area contributed by atoms with Gasteiger partial charge in [0.15, 0.2) is 0 Å². The summed E-state index contributed by atoms with van der Waals surface area (Å²) in [5.41, 5.74) is -0.420. The summed E-state index contributed by atoms with van der Waals surface area (Å²) in [5.74, 6) is -0.907. The number of nitrogens with one attached hydrogen (secondary N) is 2. The minimum atomic E-state index is -3.81. The van der Waals surface area contributed by atoms with Crippen molar-refractivity contribution in [2.24, 2.45) is 0 Å². The lowest BCUT2D eigenvalue weighted by molar-refractivity contribution is -0.129. The molecule has 1 rings (SSSR count). The van der Waals surface area contributed by atoms with E-state index in [1.807, 2.05) is 20.8 Å². The summed E-state index contributed by atoms with van der Waals surface area (Å²) in [6.45, 7) is 6.62. The fourth-order valence-electron chi connectivity index (χ4n) is 1.80. The molecule has 134 valence electrons. The van der Waals surface area contributed by atoms with Crippen LogP contribution >= 0.6 is 0 Å². The maximum absolute atomic E-state index is 12.3. The summed E-state index contributed by atoms with van der Waals surface area (Å²) in [5, 5.41) is 5.22. The molecular weight excluding hydrogens is 332 g/mol. The highest BCUT2D eigenvalue weighted by Crippen LogP contribution is 2.11. The smallest absolute Gasteiger partial charge is 0.244 e. The van der Waals surface area contributed by atoms with Crippen molar-refractivity contribution in [2.45, 2.75) is 44.2 Å². The second-order valence-electron chi connectivity index (χ2n) is 6.48. The topological polar surface area (TPSA) is 108 Å². The molecule has 0 aliphatic carbocycles. The number of sulfonamides is 1. The number of carbonyl (C=O) groups is 2. The minimum Gasteiger partial charge on any atom is -0.350 e. The number of carbonyl (C=O) groups excluding carboxylic acids is 2. The summed E-state index contributed by atoms with van der Waals surface area (Å²) in [6.07, 6.45) is 2.67. The van der Waals surface area contributed by atoms with Crippen LogP contribution in [0.1, 0.15) is 27.7 Å². The fourth-order valence-corrected chi connectivity index (χ4v) is 2.89. The molecule has 0 aliphatic heterocycles. The largest absolute Gasteiger partial charge is 0.350 e. The Morgan fingerprint density at radius 2 is 1.96 bits per heavy atom. The quantitative estimate of drug-likeness (QED) is 0.753. The molecule has 0 saturated heterocycles. The molecule has 1 atom stereocenters. The molecule has 0 aromatic carbocycles. The highest BCUT2D eigenvalue weighted by atomic mass is 32.2. The second kappa shape index (κ2) is 7.71. The Labute approximate surface area is 142 Å². The predicted molar refractivity (Wildman–Crippen MR) is 89.6 cm³/mol. The van der Waals surface area contributed by atoms with Gasteiger partial charge in [-0.2, -0.15) is 4.31 Å². The standard InChI is InChI=1S/C15H24N4O4S/c1-11(14(21)18-15(2,3)4)17-13(20)10-19(5)24(22,23)12-7-6-8-16-9-12/h6-9,11H,10H2,1-5H3,(H,17,20)(H,18,21). The Morgan fingerprint density at radius 1 is 1.33 bits per heavy atom. The van der Waals surface area contributed by atoms with Crippen molar-refractivity contribution in [1.82, 2.24) is 19.9 Å². The zero-order valence-electron chi connectivity index (χ0n) is 14.5. The van der Waals surface area contributed by atoms with Crippen LogP contribution in [-0.2, 0) is 19.6 Å². The molecule has 0 spiro atoms. The number of rotatable bonds is 6. The predicted octanol–water partition coefficient (Wildman–Crippen LogP) is 0.122. The van der Waals surface area contributed by atoms with E-state index in [4.69, 9.17) is 0 Å². The molecular formula is C15H24N4O4S. The highest BCUT2D eigenvalue weighted by Gasteiger charge is 2.25. The van der Waals surface area contributed by atoms with Crippen LogP contribution < -0.4 is 10.6 Å². The molecule has 1 unspecified atom stereocenters. The van der Waals surface area contributed by atoms with E-state index in [9.17, 15) is 18.0 Å². The summed E-state index contributed by atoms with van der Waals surface area (Å²) in [4.78, 5) is 27.7. The molecule has 0 fully saturated rings. The Balaban J connectivity index is 2.66. The van der Waals surface area contributed by atoms with Gasteiger partial charge in [-0.1, -0.05) is 0 Å². The third-order valence-corrected chi connectivity index (χ3v) is 4.76. The number of amides is 2. The van der Waals surface area contributed by atoms with Crippen LogP contribution in [0.3, 0.4) is 0 Å². The Hall–Kier alpha value is -2.00. The normalized spacial score (nSPS) is 13.4. The van der Waals surface area contributed by atoms with Crippen LogP contribution in [0.25, 0.3) is 0 Å². The van der Waals surface area contributed by atoms with E-state index in [0.717, 1.165) is 4.31 Å². The SMILES string of the molecule is CC(NC(=O)CN(C)S(=O)(=O)c1cccnc1)C(=O)NC(C)(C)C. The first-order valence-corrected chi connectivity index (χ1v) is 8.85. The number of hydrogen-bond acceptors (Lipinski definition) is 5. The van der Waals surface area contributed by atoms with E-state index in [-0.39, 0.29) is 10.8 Å². The Morgan fingerprint density at radius 3 is 2.46 bits per heavy atom. The summed E-state index contributed by atoms with van der Waals surface area (Å²) in [7, 11) is -2.52. The van der Waals surface area contributed by atoms with Crippen molar-refractivity contribution in [2.75, 3.05) is 13.6 Å². The Bertz CT molecular complexity index is 683.